The van der Waals surface area contributed by atoms with Gasteiger partial charge in [0.2, 0.25) is 0 Å². The fourth-order valence-electron chi connectivity index (χ4n) is 4.07. The van der Waals surface area contributed by atoms with Gasteiger partial charge in [0.15, 0.2) is 4.07 Å². The number of halogens is 1. The highest BCUT2D eigenvalue weighted by atomic mass is 79.9. The molecule has 0 aliphatic rings. The van der Waals surface area contributed by atoms with Gasteiger partial charge in [-0.2, -0.15) is 0 Å². The van der Waals surface area contributed by atoms with Crippen LogP contribution in [0, 0.1) is 0 Å². The maximum Gasteiger partial charge on any atom is 0.169 e. The van der Waals surface area contributed by atoms with Gasteiger partial charge >= 0.3 is 0 Å². The van der Waals surface area contributed by atoms with Crippen molar-refractivity contribution in [1.29, 1.82) is 0 Å². The van der Waals surface area contributed by atoms with Crippen LogP contribution < -0.4 is 15.9 Å². The van der Waals surface area contributed by atoms with Crippen LogP contribution in [0.25, 0.3) is 0 Å². The summed E-state index contributed by atoms with van der Waals surface area (Å²) in [6.45, 7) is 2.34. The largest absolute Gasteiger partial charge is 0.169 e. The molecule has 1 unspecified atom stereocenters. The van der Waals surface area contributed by atoms with Crippen LogP contribution in [-0.2, 0) is 4.07 Å². The van der Waals surface area contributed by atoms with Crippen molar-refractivity contribution in [2.45, 2.75) is 11.0 Å². The molecule has 0 spiro atoms. The Bertz CT molecular complexity index is 916. The highest BCUT2D eigenvalue weighted by molar-refractivity contribution is 9.11. The number of hydrogen-bond acceptors (Lipinski definition) is 0. The van der Waals surface area contributed by atoms with Crippen molar-refractivity contribution in [2.75, 3.05) is 0 Å². The zero-order valence-corrected chi connectivity index (χ0v) is 18.4. The predicted molar refractivity (Wildman–Crippen MR) is 128 cm³/mol. The van der Waals surface area contributed by atoms with E-state index in [-0.39, 0.29) is 4.07 Å². The third-order valence-electron chi connectivity index (χ3n) is 5.36. The summed E-state index contributed by atoms with van der Waals surface area (Å²) in [5.41, 5.74) is 1.29. The molecule has 0 aromatic heterocycles. The normalized spacial score (nSPS) is 13.6. The molecule has 0 fully saturated rings. The van der Waals surface area contributed by atoms with E-state index in [4.69, 9.17) is 0 Å². The lowest BCUT2D eigenvalue weighted by Gasteiger charge is -2.39. The number of rotatable bonds is 5. The average Bonchev–Trinajstić information content (AvgIpc) is 2.77. The molecule has 0 aliphatic carbocycles. The minimum Gasteiger partial charge on any atom is -0.0622 e. The van der Waals surface area contributed by atoms with E-state index >= 15 is 0 Å². The molecular weight excluding hydrogens is 423 g/mol. The molecule has 0 amide bonds. The first-order valence-electron chi connectivity index (χ1n) is 9.48. The zero-order valence-electron chi connectivity index (χ0n) is 15.9. The van der Waals surface area contributed by atoms with Gasteiger partial charge in [0.05, 0.1) is 0 Å². The highest BCUT2D eigenvalue weighted by Gasteiger charge is 2.59. The Morgan fingerprint density at radius 2 is 0.786 bits per heavy atom. The first kappa shape index (κ1) is 19.1. The summed E-state index contributed by atoms with van der Waals surface area (Å²) in [5, 5.41) is 4.11. The van der Waals surface area contributed by atoms with E-state index in [1.165, 1.54) is 21.5 Å². The molecule has 0 saturated carbocycles. The van der Waals surface area contributed by atoms with E-state index in [0.717, 1.165) is 0 Å². The molecule has 28 heavy (non-hydrogen) atoms. The smallest absolute Gasteiger partial charge is 0.0622 e. The third-order valence-corrected chi connectivity index (χ3v) is 12.2. The molecule has 0 radical (unpaired) electrons. The van der Waals surface area contributed by atoms with Crippen LogP contribution in [0.5, 0.6) is 0 Å². The van der Waals surface area contributed by atoms with E-state index < -0.39 is 7.26 Å². The fourth-order valence-corrected chi connectivity index (χ4v) is 10.9. The topological polar surface area (TPSA) is 0 Å². The number of alkyl halides is 1. The fraction of sp³-hybridized carbons (Fsp3) is 0.0769. The Labute approximate surface area is 176 Å². The molecule has 4 rings (SSSR count). The molecular formula is C26H23BrP+. The lowest BCUT2D eigenvalue weighted by molar-refractivity contribution is 1.01. The van der Waals surface area contributed by atoms with Crippen LogP contribution in [0.15, 0.2) is 121 Å². The van der Waals surface area contributed by atoms with E-state index in [1.54, 1.807) is 0 Å². The molecule has 0 bridgehead atoms. The molecule has 138 valence electrons. The molecule has 0 saturated heterocycles. The molecule has 2 heteroatoms. The van der Waals surface area contributed by atoms with Crippen LogP contribution in [0.4, 0.5) is 0 Å². The SMILES string of the molecule is CC(Br)(c1ccccc1)[P+](c1ccccc1)(c1ccccc1)c1ccccc1. The lowest BCUT2D eigenvalue weighted by atomic mass is 10.2. The quantitative estimate of drug-likeness (QED) is 0.251. The first-order chi connectivity index (χ1) is 13.7. The van der Waals surface area contributed by atoms with Gasteiger partial charge in [-0.1, -0.05) is 84.9 Å². The summed E-state index contributed by atoms with van der Waals surface area (Å²) in [4.78, 5) is 0. The Morgan fingerprint density at radius 1 is 0.500 bits per heavy atom. The van der Waals surface area contributed by atoms with Crippen molar-refractivity contribution in [3.63, 3.8) is 0 Å². The van der Waals surface area contributed by atoms with Gasteiger partial charge in [0, 0.05) is 5.56 Å². The zero-order chi connectivity index (χ0) is 19.5. The summed E-state index contributed by atoms with van der Waals surface area (Å²) in [6, 6.07) is 43.8. The van der Waals surface area contributed by atoms with Gasteiger partial charge in [-0.05, 0) is 59.3 Å². The van der Waals surface area contributed by atoms with E-state index in [0.29, 0.717) is 0 Å². The Kier molecular flexibility index (Phi) is 5.49. The maximum atomic E-state index is 4.27. The van der Waals surface area contributed by atoms with E-state index in [2.05, 4.69) is 144 Å². The number of benzene rings is 4. The molecule has 0 heterocycles. The second-order valence-corrected chi connectivity index (χ2v) is 13.0. The van der Waals surface area contributed by atoms with E-state index in [1.807, 2.05) is 0 Å². The molecule has 0 N–H and O–H groups in total. The summed E-state index contributed by atoms with van der Waals surface area (Å²) in [5.74, 6) is 0. The molecule has 0 nitrogen and oxygen atoms in total. The predicted octanol–water partition coefficient (Wildman–Crippen LogP) is 6.25. The molecule has 4 aromatic carbocycles. The van der Waals surface area contributed by atoms with Crippen molar-refractivity contribution in [3.05, 3.63) is 127 Å². The third kappa shape index (κ3) is 3.13. The number of hydrogen-bond donors (Lipinski definition) is 0. The summed E-state index contributed by atoms with van der Waals surface area (Å²) < 4.78 is -0.259. The Hall–Kier alpha value is -2.21. The van der Waals surface area contributed by atoms with Crippen LogP contribution >= 0.6 is 23.2 Å². The second kappa shape index (κ2) is 8.03. The highest BCUT2D eigenvalue weighted by Crippen LogP contribution is 2.72. The minimum atomic E-state index is -2.06. The van der Waals surface area contributed by atoms with Crippen LogP contribution in [-0.4, -0.2) is 0 Å². The van der Waals surface area contributed by atoms with Gasteiger partial charge in [0.25, 0.3) is 0 Å². The Morgan fingerprint density at radius 3 is 1.11 bits per heavy atom. The van der Waals surface area contributed by atoms with Gasteiger partial charge in [-0.25, -0.2) is 0 Å². The Balaban J connectivity index is 2.14. The molecule has 0 aliphatic heterocycles. The average molecular weight is 446 g/mol. The first-order valence-corrected chi connectivity index (χ1v) is 12.1. The maximum absolute atomic E-state index is 4.27. The van der Waals surface area contributed by atoms with Crippen LogP contribution in [0.2, 0.25) is 0 Å². The standard InChI is InChI=1S/C26H23BrP/c1-26(27,22-14-6-2-7-15-22)28(23-16-8-3-9-17-23,24-18-10-4-11-19-24)25-20-12-5-13-21-25/h2-21H,1H3/q+1. The van der Waals surface area contributed by atoms with Gasteiger partial charge in [0.1, 0.15) is 23.2 Å². The van der Waals surface area contributed by atoms with Crippen LogP contribution in [0.3, 0.4) is 0 Å². The van der Waals surface area contributed by atoms with Gasteiger partial charge in [-0.3, -0.25) is 0 Å². The van der Waals surface area contributed by atoms with Crippen molar-refractivity contribution in [2.24, 2.45) is 0 Å². The van der Waals surface area contributed by atoms with Crippen molar-refractivity contribution in [1.82, 2.24) is 0 Å². The van der Waals surface area contributed by atoms with Gasteiger partial charge < -0.3 is 0 Å². The van der Waals surface area contributed by atoms with Crippen LogP contribution in [0.1, 0.15) is 12.5 Å². The summed E-state index contributed by atoms with van der Waals surface area (Å²) >= 11 is 4.27. The lowest BCUT2D eigenvalue weighted by Crippen LogP contribution is -2.41. The van der Waals surface area contributed by atoms with E-state index in [9.17, 15) is 0 Å². The van der Waals surface area contributed by atoms with Crippen molar-refractivity contribution < 1.29 is 0 Å². The molecule has 4 aromatic rings. The minimum absolute atomic E-state index is 0.259. The van der Waals surface area contributed by atoms with Crippen molar-refractivity contribution in [3.8, 4) is 0 Å². The second-order valence-electron chi connectivity index (χ2n) is 7.00. The summed E-state index contributed by atoms with van der Waals surface area (Å²) in [6.07, 6.45) is 0. The van der Waals surface area contributed by atoms with Crippen molar-refractivity contribution >= 4 is 39.1 Å². The molecule has 1 atom stereocenters. The monoisotopic (exact) mass is 445 g/mol. The van der Waals surface area contributed by atoms with Gasteiger partial charge in [-0.15, -0.1) is 0 Å². The summed E-state index contributed by atoms with van der Waals surface area (Å²) in [7, 11) is -2.06.